The zero-order valence-electron chi connectivity index (χ0n) is 11.7. The fourth-order valence-corrected chi connectivity index (χ4v) is 2.41. The molecule has 0 radical (unpaired) electrons. The molecule has 0 saturated heterocycles. The van der Waals surface area contributed by atoms with Crippen molar-refractivity contribution in [1.29, 1.82) is 0 Å². The summed E-state index contributed by atoms with van der Waals surface area (Å²) < 4.78 is 5.12. The van der Waals surface area contributed by atoms with Crippen molar-refractivity contribution in [3.05, 3.63) is 23.8 Å². The monoisotopic (exact) mass is 263 g/mol. The third-order valence-corrected chi connectivity index (χ3v) is 3.62. The largest absolute Gasteiger partial charge is 0.383 e. The van der Waals surface area contributed by atoms with Crippen molar-refractivity contribution in [2.75, 3.05) is 43.7 Å². The Kier molecular flexibility index (Phi) is 4.07. The first-order valence-corrected chi connectivity index (χ1v) is 6.51. The Morgan fingerprint density at radius 2 is 2.21 bits per heavy atom. The summed E-state index contributed by atoms with van der Waals surface area (Å²) >= 11 is 0. The molecular formula is C14H21N3O2. The minimum atomic E-state index is -0.525. The number of fused-ring (bicyclic) bond motifs is 1. The Morgan fingerprint density at radius 1 is 1.47 bits per heavy atom. The molecule has 1 aliphatic heterocycles. The van der Waals surface area contributed by atoms with Crippen LogP contribution in [0, 0.1) is 0 Å². The number of hydrogen-bond acceptors (Lipinski definition) is 4. The number of nitrogens with zero attached hydrogens (tertiary/aromatic N) is 2. The van der Waals surface area contributed by atoms with E-state index in [2.05, 4.69) is 11.8 Å². The summed E-state index contributed by atoms with van der Waals surface area (Å²) in [6, 6.07) is 5.47. The zero-order valence-corrected chi connectivity index (χ0v) is 11.7. The molecule has 2 rings (SSSR count). The predicted molar refractivity (Wildman–Crippen MR) is 76.5 cm³/mol. The molecule has 0 aromatic heterocycles. The van der Waals surface area contributed by atoms with Gasteiger partial charge in [0.1, 0.15) is 6.04 Å². The van der Waals surface area contributed by atoms with E-state index >= 15 is 0 Å². The summed E-state index contributed by atoms with van der Waals surface area (Å²) in [4.78, 5) is 15.7. The molecule has 1 heterocycles. The first kappa shape index (κ1) is 13.8. The molecule has 104 valence electrons. The Morgan fingerprint density at radius 3 is 2.84 bits per heavy atom. The van der Waals surface area contributed by atoms with Crippen LogP contribution in [-0.4, -0.2) is 39.8 Å². The Labute approximate surface area is 113 Å². The van der Waals surface area contributed by atoms with Crippen LogP contribution in [0.25, 0.3) is 0 Å². The van der Waals surface area contributed by atoms with Crippen molar-refractivity contribution in [1.82, 2.24) is 0 Å². The highest BCUT2D eigenvalue weighted by molar-refractivity contribution is 6.04. The van der Waals surface area contributed by atoms with Crippen molar-refractivity contribution in [3.63, 3.8) is 0 Å². The first-order chi connectivity index (χ1) is 9.10. The summed E-state index contributed by atoms with van der Waals surface area (Å²) in [5.41, 5.74) is 8.79. The summed E-state index contributed by atoms with van der Waals surface area (Å²) in [6.07, 6.45) is 0. The van der Waals surface area contributed by atoms with Crippen LogP contribution in [0.5, 0.6) is 0 Å². The second-order valence-corrected chi connectivity index (χ2v) is 4.69. The van der Waals surface area contributed by atoms with Crippen LogP contribution in [-0.2, 0) is 9.53 Å². The number of benzene rings is 1. The maximum Gasteiger partial charge on any atom is 0.248 e. The average molecular weight is 263 g/mol. The molecule has 1 aromatic carbocycles. The molecule has 0 aliphatic carbocycles. The standard InChI is InChI=1S/C14H21N3O2/c1-4-17(7-8-19-3)10-5-6-11-12(9-10)16(2)14(18)13(11)15/h5-6,9,13H,4,7-8,15H2,1-3H3. The van der Waals surface area contributed by atoms with Gasteiger partial charge < -0.3 is 20.3 Å². The van der Waals surface area contributed by atoms with Gasteiger partial charge in [-0.05, 0) is 19.1 Å². The highest BCUT2D eigenvalue weighted by Crippen LogP contribution is 2.36. The van der Waals surface area contributed by atoms with E-state index in [-0.39, 0.29) is 5.91 Å². The number of likely N-dealkylation sites (N-methyl/N-ethyl adjacent to an activating group) is 2. The number of anilines is 2. The third kappa shape index (κ3) is 2.43. The SMILES string of the molecule is CCN(CCOC)c1ccc2c(c1)N(C)C(=O)C2N. The van der Waals surface area contributed by atoms with Gasteiger partial charge in [-0.1, -0.05) is 6.07 Å². The number of nitrogens with two attached hydrogens (primary N) is 1. The van der Waals surface area contributed by atoms with Gasteiger partial charge in [-0.2, -0.15) is 0 Å². The fraction of sp³-hybridized carbons (Fsp3) is 0.500. The van der Waals surface area contributed by atoms with E-state index in [4.69, 9.17) is 10.5 Å². The molecule has 0 saturated carbocycles. The molecule has 0 bridgehead atoms. The van der Waals surface area contributed by atoms with Gasteiger partial charge in [0, 0.05) is 38.5 Å². The maximum atomic E-state index is 11.9. The molecule has 1 amide bonds. The highest BCUT2D eigenvalue weighted by Gasteiger charge is 2.32. The van der Waals surface area contributed by atoms with E-state index < -0.39 is 6.04 Å². The number of carbonyl (C=O) groups excluding carboxylic acids is 1. The van der Waals surface area contributed by atoms with E-state index in [1.165, 1.54) is 0 Å². The maximum absolute atomic E-state index is 11.9. The van der Waals surface area contributed by atoms with E-state index in [0.29, 0.717) is 6.61 Å². The van der Waals surface area contributed by atoms with Gasteiger partial charge in [0.2, 0.25) is 5.91 Å². The first-order valence-electron chi connectivity index (χ1n) is 6.51. The fourth-order valence-electron chi connectivity index (χ4n) is 2.41. The van der Waals surface area contributed by atoms with Crippen LogP contribution in [0.3, 0.4) is 0 Å². The van der Waals surface area contributed by atoms with Gasteiger partial charge in [0.05, 0.1) is 12.3 Å². The second-order valence-electron chi connectivity index (χ2n) is 4.69. The van der Waals surface area contributed by atoms with Crippen LogP contribution >= 0.6 is 0 Å². The third-order valence-electron chi connectivity index (χ3n) is 3.62. The Balaban J connectivity index is 2.29. The molecule has 0 spiro atoms. The zero-order chi connectivity index (χ0) is 14.0. The summed E-state index contributed by atoms with van der Waals surface area (Å²) in [7, 11) is 3.46. The quantitative estimate of drug-likeness (QED) is 0.865. The molecule has 1 unspecified atom stereocenters. The van der Waals surface area contributed by atoms with Crippen molar-refractivity contribution in [2.45, 2.75) is 13.0 Å². The molecule has 1 aliphatic rings. The van der Waals surface area contributed by atoms with E-state index in [1.807, 2.05) is 18.2 Å². The summed E-state index contributed by atoms with van der Waals surface area (Å²) in [6.45, 7) is 4.50. The lowest BCUT2D eigenvalue weighted by Gasteiger charge is -2.24. The van der Waals surface area contributed by atoms with E-state index in [9.17, 15) is 4.79 Å². The van der Waals surface area contributed by atoms with Crippen molar-refractivity contribution >= 4 is 17.3 Å². The van der Waals surface area contributed by atoms with E-state index in [1.54, 1.807) is 19.1 Å². The van der Waals surface area contributed by atoms with Gasteiger partial charge in [0.25, 0.3) is 0 Å². The number of ether oxygens (including phenoxy) is 1. The minimum Gasteiger partial charge on any atom is -0.383 e. The molecule has 2 N–H and O–H groups in total. The van der Waals surface area contributed by atoms with Crippen molar-refractivity contribution < 1.29 is 9.53 Å². The second kappa shape index (κ2) is 5.59. The van der Waals surface area contributed by atoms with Crippen LogP contribution in [0.15, 0.2) is 18.2 Å². The smallest absolute Gasteiger partial charge is 0.248 e. The lowest BCUT2D eigenvalue weighted by molar-refractivity contribution is -0.118. The number of rotatable bonds is 5. The van der Waals surface area contributed by atoms with Crippen molar-refractivity contribution in [3.8, 4) is 0 Å². The van der Waals surface area contributed by atoms with E-state index in [0.717, 1.165) is 30.0 Å². The number of methoxy groups -OCH3 is 1. The highest BCUT2D eigenvalue weighted by atomic mass is 16.5. The summed E-state index contributed by atoms with van der Waals surface area (Å²) in [5, 5.41) is 0. The molecule has 19 heavy (non-hydrogen) atoms. The lowest BCUT2D eigenvalue weighted by Crippen LogP contribution is -2.28. The van der Waals surface area contributed by atoms with Crippen LogP contribution in [0.2, 0.25) is 0 Å². The molecule has 1 atom stereocenters. The normalized spacial score (nSPS) is 17.8. The number of hydrogen-bond donors (Lipinski definition) is 1. The van der Waals surface area contributed by atoms with Gasteiger partial charge in [0.15, 0.2) is 0 Å². The van der Waals surface area contributed by atoms with Gasteiger partial charge in [-0.3, -0.25) is 4.79 Å². The molecule has 5 nitrogen and oxygen atoms in total. The minimum absolute atomic E-state index is 0.0490. The van der Waals surface area contributed by atoms with Crippen molar-refractivity contribution in [2.24, 2.45) is 5.73 Å². The van der Waals surface area contributed by atoms with Crippen LogP contribution in [0.1, 0.15) is 18.5 Å². The topological polar surface area (TPSA) is 58.8 Å². The van der Waals surface area contributed by atoms with Gasteiger partial charge >= 0.3 is 0 Å². The molecular weight excluding hydrogens is 242 g/mol. The summed E-state index contributed by atoms with van der Waals surface area (Å²) in [5.74, 6) is -0.0490. The molecule has 5 heteroatoms. The number of carbonyl (C=O) groups is 1. The van der Waals surface area contributed by atoms with Crippen LogP contribution < -0.4 is 15.5 Å². The lowest BCUT2D eigenvalue weighted by atomic mass is 10.1. The molecule has 1 aromatic rings. The Hall–Kier alpha value is -1.59. The molecule has 0 fully saturated rings. The van der Waals surface area contributed by atoms with Gasteiger partial charge in [-0.25, -0.2) is 0 Å². The van der Waals surface area contributed by atoms with Gasteiger partial charge in [-0.15, -0.1) is 0 Å². The Bertz CT molecular complexity index is 476. The predicted octanol–water partition coefficient (Wildman–Crippen LogP) is 1.14. The number of amides is 1. The van der Waals surface area contributed by atoms with Crippen LogP contribution in [0.4, 0.5) is 11.4 Å². The average Bonchev–Trinajstić information content (AvgIpc) is 2.65.